The van der Waals surface area contributed by atoms with Crippen molar-refractivity contribution in [1.82, 2.24) is 20.0 Å². The number of anilines is 1. The van der Waals surface area contributed by atoms with Crippen molar-refractivity contribution in [2.24, 2.45) is 22.6 Å². The van der Waals surface area contributed by atoms with Crippen LogP contribution in [0.5, 0.6) is 0 Å². The second kappa shape index (κ2) is 29.4. The number of aliphatic imine (C=N–C) groups is 1. The fourth-order valence-electron chi connectivity index (χ4n) is 7.92. The Morgan fingerprint density at radius 1 is 1.07 bits per heavy atom. The van der Waals surface area contributed by atoms with Crippen LogP contribution in [-0.4, -0.2) is 76.1 Å². The molecule has 2 aliphatic heterocycles. The predicted molar refractivity (Wildman–Crippen MR) is 269 cm³/mol. The number of aromatic nitrogens is 3. The summed E-state index contributed by atoms with van der Waals surface area (Å²) in [4.78, 5) is 49.3. The van der Waals surface area contributed by atoms with Crippen molar-refractivity contribution < 1.29 is 73.6 Å². The molecule has 5 aromatic rings. The second-order valence-electron chi connectivity index (χ2n) is 16.6. The topological polar surface area (TPSA) is 183 Å². The fraction of sp³-hybridized carbons (Fsp3) is 0.396. The summed E-state index contributed by atoms with van der Waals surface area (Å²) in [5.41, 5.74) is 14.0. The molecule has 0 spiro atoms. The summed E-state index contributed by atoms with van der Waals surface area (Å²) in [6.45, 7) is 15.6. The number of hydrogen-bond donors (Lipinski definition) is 4. The normalized spacial score (nSPS) is 16.9. The number of nitrogens with two attached hydrogens (primary N) is 1. The van der Waals surface area contributed by atoms with Crippen molar-refractivity contribution >= 4 is 39.8 Å². The van der Waals surface area contributed by atoms with E-state index in [1.165, 1.54) is 35.7 Å². The van der Waals surface area contributed by atoms with Gasteiger partial charge in [0, 0.05) is 128 Å². The van der Waals surface area contributed by atoms with E-state index in [0.717, 1.165) is 73.9 Å². The molecule has 8 rings (SSSR count). The molecule has 4 heterocycles. The van der Waals surface area contributed by atoms with Gasteiger partial charge in [0.1, 0.15) is 11.5 Å². The molecule has 3 atom stereocenters. The van der Waals surface area contributed by atoms with Gasteiger partial charge in [0.25, 0.3) is 5.91 Å². The molecule has 3 aliphatic rings. The monoisotopic (exact) mass is 1080 g/mol. The minimum atomic E-state index is -0.458. The number of ether oxygens (including phenoxy) is 1. The maximum Gasteiger partial charge on any atom is 0.438 e. The number of aliphatic hydroxyl groups is 1. The zero-order valence-corrected chi connectivity index (χ0v) is 45.3. The summed E-state index contributed by atoms with van der Waals surface area (Å²) < 4.78 is 37.4. The molecule has 0 radical (unpaired) electrons. The number of allylic oxidation sites excluding steroid dienone is 1. The first-order valence-corrected chi connectivity index (χ1v) is 22.1. The number of aryl methyl sites for hydroxylation is 2. The molecule has 2 fully saturated rings. The molecule has 1 aliphatic carbocycles. The van der Waals surface area contributed by atoms with Crippen molar-refractivity contribution in [1.29, 1.82) is 0 Å². The third-order valence-electron chi connectivity index (χ3n) is 11.9. The number of carbonyl (C=O) groups excluding carboxylic acids is 2. The Hall–Kier alpha value is -4.84. The van der Waals surface area contributed by atoms with Crippen LogP contribution in [0.25, 0.3) is 10.9 Å². The summed E-state index contributed by atoms with van der Waals surface area (Å²) in [6.07, 6.45) is 7.85. The number of nitrogens with one attached hydrogen (secondary N) is 2. The van der Waals surface area contributed by atoms with Gasteiger partial charge in [0.2, 0.25) is 5.91 Å². The van der Waals surface area contributed by atoms with Crippen molar-refractivity contribution in [3.05, 3.63) is 157 Å². The van der Waals surface area contributed by atoms with Gasteiger partial charge < -0.3 is 52.6 Å². The number of aromatic amines is 2. The molecule has 1 saturated carbocycles. The summed E-state index contributed by atoms with van der Waals surface area (Å²) >= 11 is 0. The van der Waals surface area contributed by atoms with E-state index >= 15 is 0 Å². The molecule has 69 heavy (non-hydrogen) atoms. The zero-order valence-electron chi connectivity index (χ0n) is 42.1. The van der Waals surface area contributed by atoms with E-state index in [9.17, 15) is 23.2 Å². The van der Waals surface area contributed by atoms with Crippen LogP contribution in [0.1, 0.15) is 112 Å². The predicted octanol–water partition coefficient (Wildman–Crippen LogP) is 10.7. The van der Waals surface area contributed by atoms with Crippen molar-refractivity contribution in [3.8, 4) is 0 Å². The number of hydrogen-bond acceptors (Lipinski definition) is 9. The van der Waals surface area contributed by atoms with Crippen molar-refractivity contribution in [3.63, 3.8) is 0 Å². The van der Waals surface area contributed by atoms with E-state index in [-0.39, 0.29) is 92.4 Å². The van der Waals surface area contributed by atoms with Crippen molar-refractivity contribution in [2.45, 2.75) is 92.4 Å². The maximum atomic E-state index is 14.3. The molecular formula is C53H71F2N7NdO6-4. The van der Waals surface area contributed by atoms with Gasteiger partial charge in [0.05, 0.1) is 11.4 Å². The zero-order chi connectivity index (χ0) is 47.4. The van der Waals surface area contributed by atoms with Crippen molar-refractivity contribution in [2.75, 3.05) is 38.3 Å². The molecule has 0 bridgehead atoms. The Bertz CT molecular complexity index is 2550. The van der Waals surface area contributed by atoms with E-state index in [0.29, 0.717) is 65.6 Å². The van der Waals surface area contributed by atoms with E-state index in [2.05, 4.69) is 64.7 Å². The standard InChI is InChI=1S/C32H39FN4O2.C11H11FNO.C6H8N2O2.CH4O.3CH3.Nd/c1-5-19(2)31(35-25-14-20(3)30(33)21(4)15-25)26-18-37(11-8-27(26)34)32(38)29-17-24-16-23(6-7-28(24)36-29)22-9-12-39-13-10-22;1-3-8-13(9(2)14)11-7-5-4-6-10(11)12;1-3-2-4(3)5-7-6(9)10-8-5;1-2;;;;/h6-7,14-17,19,22,36H,5,8-13,18,34H2,1-4H3;3,5-8H,1-2H3;3-4H,2H2,1H3,(H,7,8,9);2H,1H3;3*1H3;/q;-1;;;3*-1;/b;8-3-;;;;;;. The van der Waals surface area contributed by atoms with Crippen LogP contribution < -0.4 is 16.4 Å². The fourth-order valence-corrected chi connectivity index (χ4v) is 7.92. The summed E-state index contributed by atoms with van der Waals surface area (Å²) in [5, 5.41) is 11.6. The van der Waals surface area contributed by atoms with Gasteiger partial charge >= 0.3 is 5.76 Å². The third-order valence-corrected chi connectivity index (χ3v) is 11.9. The number of halogens is 2. The molecule has 3 aromatic carbocycles. The van der Waals surface area contributed by atoms with E-state index in [1.54, 1.807) is 45.0 Å². The van der Waals surface area contributed by atoms with Gasteiger partial charge in [-0.2, -0.15) is 12.1 Å². The Morgan fingerprint density at radius 3 is 2.28 bits per heavy atom. The molecule has 5 N–H and O–H groups in total. The van der Waals surface area contributed by atoms with Gasteiger partial charge in [0.15, 0.2) is 5.82 Å². The molecule has 2 amide bonds. The first-order chi connectivity index (χ1) is 31.2. The van der Waals surface area contributed by atoms with Crippen LogP contribution in [0.3, 0.4) is 0 Å². The minimum Gasteiger partial charge on any atom is -0.402 e. The average molecular weight is 1080 g/mol. The summed E-state index contributed by atoms with van der Waals surface area (Å²) in [6, 6.07) is 18.8. The Morgan fingerprint density at radius 2 is 1.72 bits per heavy atom. The number of nitrogens with zero attached hydrogens (tertiary/aromatic N) is 4. The smallest absolute Gasteiger partial charge is 0.402 e. The van der Waals surface area contributed by atoms with Gasteiger partial charge in [-0.1, -0.05) is 38.1 Å². The van der Waals surface area contributed by atoms with Gasteiger partial charge in [-0.25, -0.2) is 9.18 Å². The molecular weight excluding hydrogens is 1010 g/mol. The Balaban J connectivity index is 0.000000652. The second-order valence-corrected chi connectivity index (χ2v) is 16.6. The Labute approximate surface area is 440 Å². The number of benzene rings is 3. The first-order valence-electron chi connectivity index (χ1n) is 22.1. The quantitative estimate of drug-likeness (QED) is 0.0830. The van der Waals surface area contributed by atoms with Crippen LogP contribution >= 0.6 is 0 Å². The molecule has 16 heteroatoms. The van der Waals surface area contributed by atoms with Gasteiger partial charge in [-0.05, 0) is 117 Å². The largest absolute Gasteiger partial charge is 0.438 e. The van der Waals surface area contributed by atoms with E-state index in [1.807, 2.05) is 11.0 Å². The third kappa shape index (κ3) is 16.4. The minimum absolute atomic E-state index is 0. The average Bonchev–Trinajstić information content (AvgIpc) is 3.64. The molecule has 13 nitrogen and oxygen atoms in total. The number of H-pyrrole nitrogens is 2. The van der Waals surface area contributed by atoms with Gasteiger partial charge in [-0.15, -0.1) is 12.1 Å². The Kier molecular flexibility index (Phi) is 26.5. The maximum absolute atomic E-state index is 14.3. The van der Waals surface area contributed by atoms with E-state index in [4.69, 9.17) is 20.6 Å². The summed E-state index contributed by atoms with van der Waals surface area (Å²) in [7, 11) is 1.00. The number of rotatable bonds is 9. The number of carbonyl (C=O) groups is 2. The molecule has 3 unspecified atom stereocenters. The van der Waals surface area contributed by atoms with Gasteiger partial charge in [-0.3, -0.25) is 28.5 Å². The molecule has 2 aromatic heterocycles. The summed E-state index contributed by atoms with van der Waals surface area (Å²) in [5.74, 6) is 1.05. The number of amides is 2. The van der Waals surface area contributed by atoms with E-state index < -0.39 is 11.6 Å². The van der Waals surface area contributed by atoms with Crippen LogP contribution in [0, 0.1) is 107 Å². The number of fused-ring (bicyclic) bond motifs is 1. The van der Waals surface area contributed by atoms with Crippen LogP contribution in [-0.2, 0) is 9.53 Å². The first kappa shape index (κ1) is 62.2. The number of aliphatic hydroxyl groups excluding tert-OH is 1. The van der Waals surface area contributed by atoms with Crippen LogP contribution in [0.15, 0.2) is 92.5 Å². The molecule has 1 saturated heterocycles. The molecule has 376 valence electrons. The van der Waals surface area contributed by atoms with Crippen LogP contribution in [0.4, 0.5) is 20.2 Å². The SMILES string of the molecule is C/C=C\N(C(C)=O)c1cc[c-]cc1F.CC1CC1c1noc(=O)[nH]1.CCC(C)C(=Nc1cc(C)c(F)c(C)c1)C1=C(N)CCN(C(=O)c2cc3cc(C4CCOCC4)ccc3[nH]2)C1.CO.[CH3-].[CH3-].[CH3-].[Nd]. The van der Waals surface area contributed by atoms with Crippen LogP contribution in [0.2, 0.25) is 0 Å².